The summed E-state index contributed by atoms with van der Waals surface area (Å²) in [6.45, 7) is 0.813. The van der Waals surface area contributed by atoms with Crippen LogP contribution in [0.15, 0.2) is 85.1 Å². The highest BCUT2D eigenvalue weighted by molar-refractivity contribution is 5.98. The maximum atomic E-state index is 13.0. The van der Waals surface area contributed by atoms with E-state index in [-0.39, 0.29) is 5.91 Å². The quantitative estimate of drug-likeness (QED) is 0.278. The van der Waals surface area contributed by atoms with Crippen molar-refractivity contribution in [3.05, 3.63) is 102 Å². The first-order chi connectivity index (χ1) is 16.6. The summed E-state index contributed by atoms with van der Waals surface area (Å²) in [7, 11) is 1.62. The monoisotopic (exact) mass is 454 g/mol. The van der Waals surface area contributed by atoms with Crippen molar-refractivity contribution in [2.75, 3.05) is 23.5 Å². The van der Waals surface area contributed by atoms with E-state index in [2.05, 4.69) is 25.9 Å². The molecule has 1 heterocycles. The Labute approximate surface area is 198 Å². The Bertz CT molecular complexity index is 1250. The van der Waals surface area contributed by atoms with Gasteiger partial charge in [-0.1, -0.05) is 42.5 Å². The van der Waals surface area contributed by atoms with E-state index >= 15 is 0 Å². The van der Waals surface area contributed by atoms with E-state index in [0.29, 0.717) is 36.1 Å². The first kappa shape index (κ1) is 22.6. The summed E-state index contributed by atoms with van der Waals surface area (Å²) in [6, 6.07) is 24.7. The lowest BCUT2D eigenvalue weighted by molar-refractivity contribution is 0.0951. The van der Waals surface area contributed by atoms with Crippen LogP contribution in [-0.4, -0.2) is 23.0 Å². The van der Waals surface area contributed by atoms with Gasteiger partial charge in [0.05, 0.1) is 7.11 Å². The van der Waals surface area contributed by atoms with Crippen LogP contribution in [0.2, 0.25) is 0 Å². The molecule has 0 aliphatic heterocycles. The summed E-state index contributed by atoms with van der Waals surface area (Å²) in [5.74, 6) is 1.28. The fourth-order valence-electron chi connectivity index (χ4n) is 3.30. The van der Waals surface area contributed by atoms with Gasteiger partial charge in [0.2, 0.25) is 5.95 Å². The molecule has 0 saturated heterocycles. The van der Waals surface area contributed by atoms with Crippen molar-refractivity contribution in [2.24, 2.45) is 0 Å². The second-order valence-corrected chi connectivity index (χ2v) is 7.58. The molecule has 0 atom stereocenters. The minimum Gasteiger partial charge on any atom is -0.497 e. The standard InChI is InChI=1S/C26H26N6O2/c1-34-22-12-10-18(11-13-22)15-29-25(33)23-17-30-26(31-21-8-3-2-4-9-21)32-24(23)28-16-19-6-5-7-20(27)14-19/h2-14,17H,15-16,27H2,1H3,(H,29,33)(H2,28,30,31,32). The van der Waals surface area contributed by atoms with Gasteiger partial charge in [-0.25, -0.2) is 4.98 Å². The predicted molar refractivity (Wildman–Crippen MR) is 134 cm³/mol. The lowest BCUT2D eigenvalue weighted by Gasteiger charge is -2.14. The summed E-state index contributed by atoms with van der Waals surface area (Å²) in [4.78, 5) is 21.9. The number of anilines is 4. The molecule has 0 saturated carbocycles. The Morgan fingerprint density at radius 1 is 0.941 bits per heavy atom. The highest BCUT2D eigenvalue weighted by Crippen LogP contribution is 2.19. The fraction of sp³-hybridized carbons (Fsp3) is 0.115. The van der Waals surface area contributed by atoms with E-state index in [1.165, 1.54) is 6.20 Å². The van der Waals surface area contributed by atoms with Gasteiger partial charge < -0.3 is 26.4 Å². The molecule has 34 heavy (non-hydrogen) atoms. The highest BCUT2D eigenvalue weighted by Gasteiger charge is 2.15. The van der Waals surface area contributed by atoms with Crippen molar-refractivity contribution in [1.82, 2.24) is 15.3 Å². The van der Waals surface area contributed by atoms with Gasteiger partial charge in [-0.2, -0.15) is 4.98 Å². The third-order valence-electron chi connectivity index (χ3n) is 5.09. The zero-order valence-electron chi connectivity index (χ0n) is 18.8. The summed E-state index contributed by atoms with van der Waals surface area (Å²) in [6.07, 6.45) is 1.52. The number of ether oxygens (including phenoxy) is 1. The van der Waals surface area contributed by atoms with Gasteiger partial charge in [0, 0.05) is 30.7 Å². The molecule has 8 nitrogen and oxygen atoms in total. The smallest absolute Gasteiger partial charge is 0.256 e. The van der Waals surface area contributed by atoms with Crippen LogP contribution in [0.25, 0.3) is 0 Å². The molecule has 8 heteroatoms. The van der Waals surface area contributed by atoms with E-state index in [4.69, 9.17) is 10.5 Å². The summed E-state index contributed by atoms with van der Waals surface area (Å²) < 4.78 is 5.18. The highest BCUT2D eigenvalue weighted by atomic mass is 16.5. The van der Waals surface area contributed by atoms with E-state index in [0.717, 1.165) is 22.6 Å². The van der Waals surface area contributed by atoms with Gasteiger partial charge in [-0.15, -0.1) is 0 Å². The number of carbonyl (C=O) groups excluding carboxylic acids is 1. The molecular weight excluding hydrogens is 428 g/mol. The lowest BCUT2D eigenvalue weighted by atomic mass is 10.2. The van der Waals surface area contributed by atoms with Crippen LogP contribution in [0.4, 0.5) is 23.1 Å². The second-order valence-electron chi connectivity index (χ2n) is 7.58. The Morgan fingerprint density at radius 2 is 1.74 bits per heavy atom. The Balaban J connectivity index is 1.52. The molecule has 0 radical (unpaired) electrons. The molecule has 0 spiro atoms. The number of carbonyl (C=O) groups is 1. The van der Waals surface area contributed by atoms with Gasteiger partial charge in [-0.3, -0.25) is 4.79 Å². The molecule has 3 aromatic carbocycles. The summed E-state index contributed by atoms with van der Waals surface area (Å²) in [5.41, 5.74) is 9.68. The minimum absolute atomic E-state index is 0.280. The van der Waals surface area contributed by atoms with E-state index in [1.807, 2.05) is 78.9 Å². The summed E-state index contributed by atoms with van der Waals surface area (Å²) >= 11 is 0. The molecule has 4 aromatic rings. The molecule has 0 bridgehead atoms. The number of nitrogens with two attached hydrogens (primary N) is 1. The van der Waals surface area contributed by atoms with Gasteiger partial charge in [0.1, 0.15) is 17.1 Å². The zero-order valence-corrected chi connectivity index (χ0v) is 18.8. The van der Waals surface area contributed by atoms with Crippen molar-refractivity contribution in [2.45, 2.75) is 13.1 Å². The normalized spacial score (nSPS) is 10.4. The van der Waals surface area contributed by atoms with Crippen LogP contribution in [0.1, 0.15) is 21.5 Å². The molecule has 1 amide bonds. The number of benzene rings is 3. The first-order valence-corrected chi connectivity index (χ1v) is 10.8. The molecule has 0 fully saturated rings. The number of nitrogen functional groups attached to an aromatic ring is 1. The third kappa shape index (κ3) is 6.01. The number of amides is 1. The fourth-order valence-corrected chi connectivity index (χ4v) is 3.30. The third-order valence-corrected chi connectivity index (χ3v) is 5.09. The van der Waals surface area contributed by atoms with Crippen molar-refractivity contribution in [3.8, 4) is 5.75 Å². The predicted octanol–water partition coefficient (Wildman–Crippen LogP) is 4.35. The maximum Gasteiger partial charge on any atom is 0.256 e. The number of rotatable bonds is 9. The number of nitrogens with one attached hydrogen (secondary N) is 3. The zero-order chi connectivity index (χ0) is 23.8. The maximum absolute atomic E-state index is 13.0. The first-order valence-electron chi connectivity index (χ1n) is 10.8. The largest absolute Gasteiger partial charge is 0.497 e. The average molecular weight is 455 g/mol. The molecule has 0 aliphatic carbocycles. The molecule has 4 rings (SSSR count). The average Bonchev–Trinajstić information content (AvgIpc) is 2.87. The van der Waals surface area contributed by atoms with Gasteiger partial charge in [0.15, 0.2) is 0 Å². The van der Waals surface area contributed by atoms with E-state index in [1.54, 1.807) is 7.11 Å². The number of aromatic nitrogens is 2. The molecule has 1 aromatic heterocycles. The number of hydrogen-bond acceptors (Lipinski definition) is 7. The lowest BCUT2D eigenvalue weighted by Crippen LogP contribution is -2.25. The van der Waals surface area contributed by atoms with Gasteiger partial charge in [-0.05, 0) is 47.5 Å². The Morgan fingerprint density at radius 3 is 2.47 bits per heavy atom. The van der Waals surface area contributed by atoms with Crippen molar-refractivity contribution >= 4 is 29.0 Å². The van der Waals surface area contributed by atoms with Crippen LogP contribution in [-0.2, 0) is 13.1 Å². The van der Waals surface area contributed by atoms with E-state index in [9.17, 15) is 4.79 Å². The molecule has 172 valence electrons. The number of nitrogens with zero attached hydrogens (tertiary/aromatic N) is 2. The summed E-state index contributed by atoms with van der Waals surface area (Å²) in [5, 5.41) is 9.34. The molecule has 0 aliphatic rings. The Kier molecular flexibility index (Phi) is 7.19. The topological polar surface area (TPSA) is 114 Å². The molecule has 0 unspecified atom stereocenters. The van der Waals surface area contributed by atoms with Crippen molar-refractivity contribution in [3.63, 3.8) is 0 Å². The molecular formula is C26H26N6O2. The van der Waals surface area contributed by atoms with Crippen LogP contribution in [0, 0.1) is 0 Å². The van der Waals surface area contributed by atoms with Crippen molar-refractivity contribution < 1.29 is 9.53 Å². The van der Waals surface area contributed by atoms with Crippen molar-refractivity contribution in [1.29, 1.82) is 0 Å². The van der Waals surface area contributed by atoms with Crippen LogP contribution < -0.4 is 26.4 Å². The Hall–Kier alpha value is -4.59. The second kappa shape index (κ2) is 10.8. The number of para-hydroxylation sites is 1. The number of methoxy groups -OCH3 is 1. The SMILES string of the molecule is COc1ccc(CNC(=O)c2cnc(Nc3ccccc3)nc2NCc2cccc(N)c2)cc1. The van der Waals surface area contributed by atoms with Gasteiger partial charge >= 0.3 is 0 Å². The van der Waals surface area contributed by atoms with Crippen LogP contribution >= 0.6 is 0 Å². The van der Waals surface area contributed by atoms with E-state index < -0.39 is 0 Å². The number of hydrogen-bond donors (Lipinski definition) is 4. The van der Waals surface area contributed by atoms with Crippen LogP contribution in [0.3, 0.4) is 0 Å². The molecule has 5 N–H and O–H groups in total. The van der Waals surface area contributed by atoms with Crippen LogP contribution in [0.5, 0.6) is 5.75 Å². The van der Waals surface area contributed by atoms with Gasteiger partial charge in [0.25, 0.3) is 5.91 Å². The minimum atomic E-state index is -0.280.